The molecule has 5 rings (SSSR count). The molecule has 0 aliphatic carbocycles. The number of amides is 1. The van der Waals surface area contributed by atoms with E-state index < -0.39 is 17.3 Å². The SMILES string of the molecule is O=C(O)CCN1CN(C(c2ccccc2)c2ccccc2)n2ccc(=O)c(OCc3ccccc3)c2C1=O. The number of rotatable bonds is 9. The Hall–Kier alpha value is -4.85. The van der Waals surface area contributed by atoms with Gasteiger partial charge in [-0.25, -0.2) is 0 Å². The van der Waals surface area contributed by atoms with Crippen LogP contribution in [0.4, 0.5) is 0 Å². The van der Waals surface area contributed by atoms with Crippen LogP contribution in [0.2, 0.25) is 0 Å². The van der Waals surface area contributed by atoms with Crippen molar-refractivity contribution in [1.29, 1.82) is 0 Å². The van der Waals surface area contributed by atoms with E-state index in [9.17, 15) is 19.5 Å². The molecule has 0 fully saturated rings. The van der Waals surface area contributed by atoms with Crippen LogP contribution in [0.15, 0.2) is 108 Å². The fourth-order valence-corrected chi connectivity index (χ4v) is 4.66. The smallest absolute Gasteiger partial charge is 0.305 e. The van der Waals surface area contributed by atoms with E-state index in [2.05, 4.69) is 0 Å². The number of hydrogen-bond acceptors (Lipinski definition) is 5. The van der Waals surface area contributed by atoms with E-state index in [-0.39, 0.29) is 43.7 Å². The molecule has 0 radical (unpaired) electrons. The van der Waals surface area contributed by atoms with Crippen molar-refractivity contribution in [2.75, 3.05) is 18.2 Å². The van der Waals surface area contributed by atoms with Crippen LogP contribution in [0.3, 0.4) is 0 Å². The van der Waals surface area contributed by atoms with Crippen molar-refractivity contribution in [3.8, 4) is 5.75 Å². The number of pyridine rings is 1. The summed E-state index contributed by atoms with van der Waals surface area (Å²) in [5.74, 6) is -1.53. The molecule has 3 aromatic carbocycles. The lowest BCUT2D eigenvalue weighted by molar-refractivity contribution is -0.137. The minimum absolute atomic E-state index is 0.0117. The molecule has 192 valence electrons. The minimum atomic E-state index is -1.01. The van der Waals surface area contributed by atoms with Gasteiger partial charge in [-0.15, -0.1) is 0 Å². The van der Waals surface area contributed by atoms with Crippen LogP contribution in [0, 0.1) is 0 Å². The Bertz CT molecular complexity index is 1430. The maximum Gasteiger partial charge on any atom is 0.305 e. The molecule has 1 N–H and O–H groups in total. The lowest BCUT2D eigenvalue weighted by Crippen LogP contribution is -2.56. The monoisotopic (exact) mass is 509 g/mol. The van der Waals surface area contributed by atoms with E-state index in [1.54, 1.807) is 10.9 Å². The Labute approximate surface area is 219 Å². The third-order valence-electron chi connectivity index (χ3n) is 6.47. The third-order valence-corrected chi connectivity index (χ3v) is 6.47. The second-order valence-corrected chi connectivity index (χ2v) is 8.99. The van der Waals surface area contributed by atoms with Gasteiger partial charge in [0.2, 0.25) is 5.43 Å². The maximum atomic E-state index is 13.7. The van der Waals surface area contributed by atoms with E-state index in [4.69, 9.17) is 4.74 Å². The van der Waals surface area contributed by atoms with Gasteiger partial charge in [-0.05, 0) is 16.7 Å². The maximum absolute atomic E-state index is 13.7. The van der Waals surface area contributed by atoms with Gasteiger partial charge < -0.3 is 14.7 Å². The van der Waals surface area contributed by atoms with Gasteiger partial charge in [-0.1, -0.05) is 91.0 Å². The summed E-state index contributed by atoms with van der Waals surface area (Å²) in [7, 11) is 0. The average molecular weight is 510 g/mol. The van der Waals surface area contributed by atoms with Gasteiger partial charge in [-0.3, -0.25) is 24.1 Å². The lowest BCUT2D eigenvalue weighted by Gasteiger charge is -2.44. The Kier molecular flexibility index (Phi) is 7.21. The minimum Gasteiger partial charge on any atom is -0.482 e. The molecule has 38 heavy (non-hydrogen) atoms. The lowest BCUT2D eigenvalue weighted by atomic mass is 9.98. The molecular weight excluding hydrogens is 482 g/mol. The number of carbonyl (C=O) groups excluding carboxylic acids is 1. The van der Waals surface area contributed by atoms with Crippen molar-refractivity contribution >= 4 is 11.9 Å². The van der Waals surface area contributed by atoms with E-state index in [1.165, 1.54) is 11.0 Å². The molecule has 1 aromatic heterocycles. The zero-order chi connectivity index (χ0) is 26.5. The second kappa shape index (κ2) is 11.0. The number of benzene rings is 3. The number of carboxylic acids is 1. The van der Waals surface area contributed by atoms with Crippen LogP contribution in [-0.4, -0.2) is 39.8 Å². The highest BCUT2D eigenvalue weighted by Crippen LogP contribution is 2.32. The molecule has 8 heteroatoms. The van der Waals surface area contributed by atoms with Crippen LogP contribution in [0.25, 0.3) is 0 Å². The number of carboxylic acid groups (broad SMARTS) is 1. The number of nitrogens with zero attached hydrogens (tertiary/aromatic N) is 3. The van der Waals surface area contributed by atoms with Crippen LogP contribution in [-0.2, 0) is 11.4 Å². The van der Waals surface area contributed by atoms with Crippen molar-refractivity contribution < 1.29 is 19.4 Å². The first-order valence-corrected chi connectivity index (χ1v) is 12.3. The fraction of sp³-hybridized carbons (Fsp3) is 0.167. The number of ether oxygens (including phenoxy) is 1. The Morgan fingerprint density at radius 3 is 2.00 bits per heavy atom. The summed E-state index contributed by atoms with van der Waals surface area (Å²) in [5.41, 5.74) is 2.45. The molecule has 8 nitrogen and oxygen atoms in total. The summed E-state index contributed by atoms with van der Waals surface area (Å²) in [6.45, 7) is 0.215. The second-order valence-electron chi connectivity index (χ2n) is 8.99. The molecule has 0 unspecified atom stereocenters. The van der Waals surface area contributed by atoms with Crippen molar-refractivity contribution in [2.45, 2.75) is 19.1 Å². The Morgan fingerprint density at radius 2 is 1.42 bits per heavy atom. The first kappa shape index (κ1) is 24.8. The van der Waals surface area contributed by atoms with Crippen LogP contribution >= 0.6 is 0 Å². The normalized spacial score (nSPS) is 12.9. The quantitative estimate of drug-likeness (QED) is 0.366. The number of fused-ring (bicyclic) bond motifs is 1. The molecule has 1 aliphatic heterocycles. The van der Waals surface area contributed by atoms with E-state index in [0.29, 0.717) is 0 Å². The Balaban J connectivity index is 1.64. The van der Waals surface area contributed by atoms with Crippen LogP contribution < -0.4 is 15.2 Å². The van der Waals surface area contributed by atoms with Crippen LogP contribution in [0.1, 0.15) is 39.6 Å². The molecule has 0 spiro atoms. The van der Waals surface area contributed by atoms with Crippen molar-refractivity contribution in [2.24, 2.45) is 0 Å². The highest BCUT2D eigenvalue weighted by Gasteiger charge is 2.37. The Morgan fingerprint density at radius 1 is 0.842 bits per heavy atom. The van der Waals surface area contributed by atoms with Gasteiger partial charge in [0.25, 0.3) is 5.91 Å². The molecular formula is C30H27N3O5. The zero-order valence-electron chi connectivity index (χ0n) is 20.6. The van der Waals surface area contributed by atoms with Crippen molar-refractivity contribution in [3.05, 3.63) is 136 Å². The molecule has 1 aliphatic rings. The summed E-state index contributed by atoms with van der Waals surface area (Å²) in [6, 6.07) is 30.1. The molecule has 4 aromatic rings. The topological polar surface area (TPSA) is 92.1 Å². The van der Waals surface area contributed by atoms with Gasteiger partial charge in [-0.2, -0.15) is 0 Å². The zero-order valence-corrected chi connectivity index (χ0v) is 20.6. The molecule has 0 atom stereocenters. The third kappa shape index (κ3) is 5.15. The fourth-order valence-electron chi connectivity index (χ4n) is 4.66. The standard InChI is InChI=1S/C30H27N3O5/c34-25-16-19-32-28(29(25)38-20-22-10-4-1-5-11-22)30(37)31(18-17-26(35)36)21-33(32)27(23-12-6-2-7-13-23)24-14-8-3-9-15-24/h1-16,19,27H,17-18,20-21H2,(H,35,36). The highest BCUT2D eigenvalue weighted by molar-refractivity contribution is 5.96. The predicted molar refractivity (Wildman–Crippen MR) is 143 cm³/mol. The summed E-state index contributed by atoms with van der Waals surface area (Å²) < 4.78 is 7.65. The number of hydrogen-bond donors (Lipinski definition) is 1. The number of aliphatic carboxylic acids is 1. The van der Waals surface area contributed by atoms with E-state index >= 15 is 0 Å². The molecule has 0 saturated carbocycles. The van der Waals surface area contributed by atoms with Crippen molar-refractivity contribution in [1.82, 2.24) is 9.58 Å². The first-order valence-electron chi connectivity index (χ1n) is 12.3. The predicted octanol–water partition coefficient (Wildman–Crippen LogP) is 4.04. The largest absolute Gasteiger partial charge is 0.482 e. The first-order chi connectivity index (χ1) is 18.5. The number of carbonyl (C=O) groups is 2. The molecule has 2 heterocycles. The molecule has 0 saturated heterocycles. The summed E-state index contributed by atoms with van der Waals surface area (Å²) >= 11 is 0. The summed E-state index contributed by atoms with van der Waals surface area (Å²) in [6.07, 6.45) is 1.36. The van der Waals surface area contributed by atoms with Crippen LogP contribution in [0.5, 0.6) is 5.75 Å². The van der Waals surface area contributed by atoms with E-state index in [1.807, 2.05) is 96.0 Å². The van der Waals surface area contributed by atoms with Gasteiger partial charge in [0.1, 0.15) is 13.3 Å². The summed E-state index contributed by atoms with van der Waals surface area (Å²) in [4.78, 5) is 39.6. The molecule has 0 bridgehead atoms. The average Bonchev–Trinajstić information content (AvgIpc) is 2.95. The summed E-state index contributed by atoms with van der Waals surface area (Å²) in [5, 5.41) is 11.3. The number of aromatic nitrogens is 1. The van der Waals surface area contributed by atoms with E-state index in [0.717, 1.165) is 16.7 Å². The highest BCUT2D eigenvalue weighted by atomic mass is 16.5. The van der Waals surface area contributed by atoms with Crippen molar-refractivity contribution in [3.63, 3.8) is 0 Å². The van der Waals surface area contributed by atoms with Gasteiger partial charge in [0.05, 0.1) is 12.5 Å². The van der Waals surface area contributed by atoms with Gasteiger partial charge >= 0.3 is 5.97 Å². The molecule has 1 amide bonds. The van der Waals surface area contributed by atoms with Gasteiger partial charge in [0, 0.05) is 18.8 Å². The van der Waals surface area contributed by atoms with Gasteiger partial charge in [0.15, 0.2) is 11.4 Å².